The van der Waals surface area contributed by atoms with E-state index in [9.17, 15) is 4.79 Å². The first-order valence-corrected chi connectivity index (χ1v) is 8.21. The number of hydrogen-bond donors (Lipinski definition) is 1. The van der Waals surface area contributed by atoms with Crippen LogP contribution in [0.1, 0.15) is 39.2 Å². The molecular formula is C18H26N2O. The second-order valence-electron chi connectivity index (χ2n) is 6.94. The maximum atomic E-state index is 12.9. The van der Waals surface area contributed by atoms with E-state index in [0.29, 0.717) is 17.9 Å². The molecule has 2 aliphatic rings. The molecule has 2 heterocycles. The Morgan fingerprint density at radius 3 is 2.81 bits per heavy atom. The summed E-state index contributed by atoms with van der Waals surface area (Å²) in [5.74, 6) is 1.49. The first-order chi connectivity index (χ1) is 10.1. The summed E-state index contributed by atoms with van der Waals surface area (Å²) in [6.45, 7) is 7.63. The summed E-state index contributed by atoms with van der Waals surface area (Å²) in [6.07, 6.45) is 3.13. The zero-order valence-electron chi connectivity index (χ0n) is 13.3. The van der Waals surface area contributed by atoms with Crippen molar-refractivity contribution in [2.45, 2.75) is 52.1 Å². The van der Waals surface area contributed by atoms with Crippen molar-refractivity contribution in [3.63, 3.8) is 0 Å². The van der Waals surface area contributed by atoms with Crippen LogP contribution in [0.2, 0.25) is 0 Å². The fourth-order valence-corrected chi connectivity index (χ4v) is 3.83. The molecule has 1 fully saturated rings. The average molecular weight is 286 g/mol. The van der Waals surface area contributed by atoms with Crippen molar-refractivity contribution in [2.75, 3.05) is 11.9 Å². The van der Waals surface area contributed by atoms with Gasteiger partial charge in [-0.3, -0.25) is 4.79 Å². The van der Waals surface area contributed by atoms with Gasteiger partial charge < -0.3 is 10.2 Å². The molecule has 0 aromatic heterocycles. The van der Waals surface area contributed by atoms with E-state index in [4.69, 9.17) is 0 Å². The molecule has 3 rings (SSSR count). The maximum absolute atomic E-state index is 12.9. The van der Waals surface area contributed by atoms with Crippen molar-refractivity contribution in [2.24, 2.45) is 11.8 Å². The molecule has 3 nitrogen and oxygen atoms in total. The number of nitrogens with zero attached hydrogens (tertiary/aromatic N) is 1. The monoisotopic (exact) mass is 286 g/mol. The smallest absolute Gasteiger partial charge is 0.245 e. The second kappa shape index (κ2) is 5.70. The van der Waals surface area contributed by atoms with Crippen LogP contribution in [-0.2, 0) is 11.2 Å². The van der Waals surface area contributed by atoms with E-state index in [2.05, 4.69) is 49.2 Å². The second-order valence-corrected chi connectivity index (χ2v) is 6.94. The third-order valence-electron chi connectivity index (χ3n) is 5.23. The van der Waals surface area contributed by atoms with Crippen LogP contribution >= 0.6 is 0 Å². The van der Waals surface area contributed by atoms with E-state index in [1.807, 2.05) is 6.07 Å². The van der Waals surface area contributed by atoms with Crippen LogP contribution in [-0.4, -0.2) is 29.4 Å². The van der Waals surface area contributed by atoms with Crippen LogP contribution in [0, 0.1) is 11.8 Å². The first-order valence-electron chi connectivity index (χ1n) is 8.21. The zero-order chi connectivity index (χ0) is 15.0. The fourth-order valence-electron chi connectivity index (χ4n) is 3.83. The van der Waals surface area contributed by atoms with Gasteiger partial charge in [0.25, 0.3) is 0 Å². The highest BCUT2D eigenvalue weighted by molar-refractivity contribution is 5.86. The Morgan fingerprint density at radius 1 is 1.24 bits per heavy atom. The molecule has 114 valence electrons. The highest BCUT2D eigenvalue weighted by Crippen LogP contribution is 2.30. The Labute approximate surface area is 127 Å². The number of aryl methyl sites for hydroxylation is 1. The molecule has 1 aromatic carbocycles. The van der Waals surface area contributed by atoms with Gasteiger partial charge in [0.15, 0.2) is 0 Å². The van der Waals surface area contributed by atoms with Crippen molar-refractivity contribution in [1.82, 2.24) is 4.90 Å². The lowest BCUT2D eigenvalue weighted by molar-refractivity contribution is -0.138. The molecule has 1 saturated heterocycles. The molecule has 0 radical (unpaired) electrons. The minimum Gasteiger partial charge on any atom is -0.373 e. The van der Waals surface area contributed by atoms with E-state index < -0.39 is 0 Å². The number of amides is 1. The molecule has 21 heavy (non-hydrogen) atoms. The number of nitrogens with one attached hydrogen (secondary N) is 1. The standard InChI is InChI=1S/C18H26N2O/c1-12-10-13(2)14(3)20(11-12)18(21)17-9-8-15-6-4-5-7-16(15)19-17/h4-7,12-14,17,19H,8-11H2,1-3H3. The topological polar surface area (TPSA) is 32.3 Å². The molecule has 4 atom stereocenters. The third-order valence-corrected chi connectivity index (χ3v) is 5.23. The van der Waals surface area contributed by atoms with Gasteiger partial charge in [0.05, 0.1) is 0 Å². The molecule has 1 aromatic rings. The number of para-hydroxylation sites is 1. The van der Waals surface area contributed by atoms with Gasteiger partial charge in [0.1, 0.15) is 6.04 Å². The molecule has 0 saturated carbocycles. The first kappa shape index (κ1) is 14.4. The Bertz CT molecular complexity index is 528. The number of hydrogen-bond acceptors (Lipinski definition) is 2. The molecule has 1 amide bonds. The van der Waals surface area contributed by atoms with Crippen LogP contribution in [0.5, 0.6) is 0 Å². The van der Waals surface area contributed by atoms with Gasteiger partial charge in [-0.2, -0.15) is 0 Å². The van der Waals surface area contributed by atoms with E-state index in [1.54, 1.807) is 0 Å². The summed E-state index contributed by atoms with van der Waals surface area (Å²) < 4.78 is 0. The largest absolute Gasteiger partial charge is 0.373 e. The predicted octanol–water partition coefficient (Wildman–Crippen LogP) is 3.31. The summed E-state index contributed by atoms with van der Waals surface area (Å²) in [4.78, 5) is 15.0. The molecule has 0 bridgehead atoms. The summed E-state index contributed by atoms with van der Waals surface area (Å²) in [5.41, 5.74) is 2.46. The van der Waals surface area contributed by atoms with E-state index in [1.165, 1.54) is 12.0 Å². The number of rotatable bonds is 1. The Balaban J connectivity index is 1.74. The van der Waals surface area contributed by atoms with Crippen molar-refractivity contribution in [1.29, 1.82) is 0 Å². The third kappa shape index (κ3) is 2.78. The average Bonchev–Trinajstić information content (AvgIpc) is 2.49. The van der Waals surface area contributed by atoms with Crippen molar-refractivity contribution in [3.8, 4) is 0 Å². The van der Waals surface area contributed by atoms with Crippen molar-refractivity contribution in [3.05, 3.63) is 29.8 Å². The number of fused-ring (bicyclic) bond motifs is 1. The maximum Gasteiger partial charge on any atom is 0.245 e. The molecule has 2 aliphatic heterocycles. The van der Waals surface area contributed by atoms with Gasteiger partial charge in [0, 0.05) is 18.3 Å². The Kier molecular flexibility index (Phi) is 3.92. The van der Waals surface area contributed by atoms with E-state index >= 15 is 0 Å². The minimum atomic E-state index is -0.0557. The van der Waals surface area contributed by atoms with Crippen LogP contribution in [0.3, 0.4) is 0 Å². The van der Waals surface area contributed by atoms with Gasteiger partial charge in [0.2, 0.25) is 5.91 Å². The Hall–Kier alpha value is -1.51. The molecule has 0 spiro atoms. The highest BCUT2D eigenvalue weighted by atomic mass is 16.2. The molecular weight excluding hydrogens is 260 g/mol. The predicted molar refractivity (Wildman–Crippen MR) is 86.3 cm³/mol. The summed E-state index contributed by atoms with van der Waals surface area (Å²) in [7, 11) is 0. The number of carbonyl (C=O) groups is 1. The molecule has 3 heteroatoms. The summed E-state index contributed by atoms with van der Waals surface area (Å²) in [6, 6.07) is 8.63. The number of likely N-dealkylation sites (tertiary alicyclic amines) is 1. The van der Waals surface area contributed by atoms with E-state index in [0.717, 1.165) is 25.1 Å². The van der Waals surface area contributed by atoms with Crippen LogP contribution in [0.25, 0.3) is 0 Å². The normalized spacial score (nSPS) is 32.2. The number of anilines is 1. The van der Waals surface area contributed by atoms with Gasteiger partial charge in [-0.1, -0.05) is 32.0 Å². The van der Waals surface area contributed by atoms with Crippen LogP contribution < -0.4 is 5.32 Å². The molecule has 4 unspecified atom stereocenters. The van der Waals surface area contributed by atoms with Gasteiger partial charge in [-0.15, -0.1) is 0 Å². The SMILES string of the molecule is CC1CC(C)C(C)N(C(=O)C2CCc3ccccc3N2)C1. The number of carbonyl (C=O) groups excluding carboxylic acids is 1. The van der Waals surface area contributed by atoms with Crippen molar-refractivity contribution >= 4 is 11.6 Å². The Morgan fingerprint density at radius 2 is 2.00 bits per heavy atom. The van der Waals surface area contributed by atoms with E-state index in [-0.39, 0.29) is 11.9 Å². The lowest BCUT2D eigenvalue weighted by Crippen LogP contribution is -2.54. The zero-order valence-corrected chi connectivity index (χ0v) is 13.3. The van der Waals surface area contributed by atoms with Gasteiger partial charge in [-0.25, -0.2) is 0 Å². The van der Waals surface area contributed by atoms with Crippen LogP contribution in [0.4, 0.5) is 5.69 Å². The minimum absolute atomic E-state index is 0.0557. The van der Waals surface area contributed by atoms with Gasteiger partial charge >= 0.3 is 0 Å². The van der Waals surface area contributed by atoms with Gasteiger partial charge in [-0.05, 0) is 49.7 Å². The summed E-state index contributed by atoms with van der Waals surface area (Å²) in [5, 5.41) is 3.45. The molecule has 1 N–H and O–H groups in total. The van der Waals surface area contributed by atoms with Crippen LogP contribution in [0.15, 0.2) is 24.3 Å². The lowest BCUT2D eigenvalue weighted by atomic mass is 9.85. The fraction of sp³-hybridized carbons (Fsp3) is 0.611. The lowest BCUT2D eigenvalue weighted by Gasteiger charge is -2.43. The highest BCUT2D eigenvalue weighted by Gasteiger charge is 2.36. The number of benzene rings is 1. The quantitative estimate of drug-likeness (QED) is 0.859. The summed E-state index contributed by atoms with van der Waals surface area (Å²) >= 11 is 0. The van der Waals surface area contributed by atoms with Crippen molar-refractivity contribution < 1.29 is 4.79 Å². The number of piperidine rings is 1. The molecule has 0 aliphatic carbocycles.